The lowest BCUT2D eigenvalue weighted by Crippen LogP contribution is -2.40. The van der Waals surface area contributed by atoms with Gasteiger partial charge in [0.2, 0.25) is 11.7 Å². The molecule has 4 aromatic heterocycles. The number of fused-ring (bicyclic) bond motifs is 1. The second-order valence-electron chi connectivity index (χ2n) is 9.33. The zero-order chi connectivity index (χ0) is 28.4. The minimum absolute atomic E-state index is 0.0368. The molecule has 40 heavy (non-hydrogen) atoms. The van der Waals surface area contributed by atoms with E-state index in [0.717, 1.165) is 18.9 Å². The van der Waals surface area contributed by atoms with Gasteiger partial charge in [0, 0.05) is 67.0 Å². The quantitative estimate of drug-likeness (QED) is 0.311. The van der Waals surface area contributed by atoms with Crippen molar-refractivity contribution in [3.8, 4) is 11.3 Å². The van der Waals surface area contributed by atoms with Crippen LogP contribution in [0.3, 0.4) is 0 Å². The Hall–Kier alpha value is -4.32. The van der Waals surface area contributed by atoms with Crippen LogP contribution in [-0.4, -0.2) is 59.5 Å². The number of halogens is 3. The molecule has 0 saturated carbocycles. The highest BCUT2D eigenvalue weighted by Crippen LogP contribution is 2.35. The predicted octanol–water partition coefficient (Wildman–Crippen LogP) is 5.04. The third-order valence-corrected chi connectivity index (χ3v) is 7.07. The van der Waals surface area contributed by atoms with Gasteiger partial charge in [-0.25, -0.2) is 23.7 Å². The number of nitrogens with zero attached hydrogens (tertiary/aromatic N) is 7. The van der Waals surface area contributed by atoms with E-state index in [1.165, 1.54) is 43.9 Å². The highest BCUT2D eigenvalue weighted by atomic mass is 35.5. The monoisotopic (exact) mass is 566 g/mol. The Labute approximate surface area is 233 Å². The van der Waals surface area contributed by atoms with Gasteiger partial charge in [-0.3, -0.25) is 19.3 Å². The largest absolute Gasteiger partial charge is 0.337 e. The topological polar surface area (TPSA) is 119 Å². The van der Waals surface area contributed by atoms with Crippen molar-refractivity contribution < 1.29 is 18.4 Å². The van der Waals surface area contributed by atoms with E-state index >= 15 is 0 Å². The van der Waals surface area contributed by atoms with E-state index in [-0.39, 0.29) is 35.6 Å². The second-order valence-corrected chi connectivity index (χ2v) is 9.74. The lowest BCUT2D eigenvalue weighted by Gasteiger charge is -2.32. The van der Waals surface area contributed by atoms with Gasteiger partial charge >= 0.3 is 0 Å². The van der Waals surface area contributed by atoms with Gasteiger partial charge in [0.05, 0.1) is 16.6 Å². The summed E-state index contributed by atoms with van der Waals surface area (Å²) in [5.74, 6) is -4.10. The Kier molecular flexibility index (Phi) is 7.53. The fourth-order valence-corrected chi connectivity index (χ4v) is 4.92. The molecule has 1 aliphatic heterocycles. The van der Waals surface area contributed by atoms with E-state index in [1.54, 1.807) is 11.1 Å². The van der Waals surface area contributed by atoms with Gasteiger partial charge in [0.25, 0.3) is 11.8 Å². The molecule has 1 fully saturated rings. The van der Waals surface area contributed by atoms with Gasteiger partial charge in [-0.05, 0) is 31.1 Å². The van der Waals surface area contributed by atoms with Crippen molar-refractivity contribution in [2.24, 2.45) is 0 Å². The highest BCUT2D eigenvalue weighted by molar-refractivity contribution is 6.35. The van der Waals surface area contributed by atoms with Crippen LogP contribution in [0, 0.1) is 0 Å². The first-order valence-corrected chi connectivity index (χ1v) is 13.0. The molecule has 0 bridgehead atoms. The molecule has 5 rings (SSSR count). The molecule has 0 unspecified atom stereocenters. The van der Waals surface area contributed by atoms with Gasteiger partial charge < -0.3 is 10.2 Å². The molecule has 206 valence electrons. The van der Waals surface area contributed by atoms with Crippen LogP contribution >= 0.6 is 11.6 Å². The fraction of sp³-hybridized carbons (Fsp3) is 0.296. The van der Waals surface area contributed by atoms with E-state index in [0.29, 0.717) is 40.3 Å². The zero-order valence-corrected chi connectivity index (χ0v) is 22.3. The van der Waals surface area contributed by atoms with E-state index < -0.39 is 11.8 Å². The molecule has 2 amide bonds. The van der Waals surface area contributed by atoms with Crippen molar-refractivity contribution in [2.75, 3.05) is 18.4 Å². The molecule has 10 nitrogen and oxygen atoms in total. The summed E-state index contributed by atoms with van der Waals surface area (Å²) in [6.45, 7) is 6.05. The number of carbonyl (C=O) groups is 2. The maximum absolute atomic E-state index is 14.1. The zero-order valence-electron chi connectivity index (χ0n) is 21.5. The summed E-state index contributed by atoms with van der Waals surface area (Å²) >= 11 is 6.54. The summed E-state index contributed by atoms with van der Waals surface area (Å²) in [6.07, 6.45) is 9.77. The number of hydrogen-bond donors (Lipinski definition) is 1. The first kappa shape index (κ1) is 27.3. The molecular formula is C27H25ClF2N8O2. The minimum Gasteiger partial charge on any atom is -0.337 e. The fourth-order valence-electron chi connectivity index (χ4n) is 4.68. The lowest BCUT2D eigenvalue weighted by molar-refractivity contribution is -0.127. The van der Waals surface area contributed by atoms with Crippen LogP contribution in [0.2, 0.25) is 5.02 Å². The number of anilines is 1. The summed E-state index contributed by atoms with van der Waals surface area (Å²) in [5.41, 5.74) is 1.45. The summed E-state index contributed by atoms with van der Waals surface area (Å²) in [4.78, 5) is 43.2. The van der Waals surface area contributed by atoms with Crippen LogP contribution in [0.5, 0.6) is 0 Å². The lowest BCUT2D eigenvalue weighted by atomic mass is 10.1. The van der Waals surface area contributed by atoms with Crippen molar-refractivity contribution in [3.63, 3.8) is 0 Å². The summed E-state index contributed by atoms with van der Waals surface area (Å²) < 4.78 is 29.9. The van der Waals surface area contributed by atoms with Gasteiger partial charge in [-0.15, -0.1) is 0 Å². The normalized spacial score (nSPS) is 15.7. The van der Waals surface area contributed by atoms with Gasteiger partial charge in [-0.2, -0.15) is 5.10 Å². The molecule has 1 aliphatic rings. The molecule has 1 N–H and O–H groups in total. The standard InChI is InChI=1S/C27H25ClF2N8O2/c1-3-22(39)37-9-5-6-18(15-37)38-24-19(13-31-14-20(24)28)23(36-38)16-11-33-25(34-12-16)26(40)35-21-10-17(7-8-32-21)27(29,30)4-2/h3,7-8,10-14,18H,1,4-6,9,15H2,2H3,(H,32,35,40)/t18-/m1/s1. The molecule has 0 aromatic carbocycles. The van der Waals surface area contributed by atoms with Crippen molar-refractivity contribution >= 4 is 40.1 Å². The molecule has 0 radical (unpaired) electrons. The number of carbonyl (C=O) groups excluding carboxylic acids is 2. The van der Waals surface area contributed by atoms with E-state index in [1.807, 2.05) is 4.68 Å². The van der Waals surface area contributed by atoms with Crippen LogP contribution in [0.1, 0.15) is 48.4 Å². The number of piperidine rings is 1. The first-order chi connectivity index (χ1) is 19.2. The number of hydrogen-bond acceptors (Lipinski definition) is 7. The Morgan fingerprint density at radius 1 is 1.23 bits per heavy atom. The van der Waals surface area contributed by atoms with Crippen LogP contribution in [-0.2, 0) is 10.7 Å². The average molecular weight is 567 g/mol. The smallest absolute Gasteiger partial charge is 0.294 e. The minimum atomic E-state index is -3.04. The van der Waals surface area contributed by atoms with Gasteiger partial charge in [0.15, 0.2) is 0 Å². The molecule has 5 heterocycles. The number of rotatable bonds is 7. The van der Waals surface area contributed by atoms with Gasteiger partial charge in [0.1, 0.15) is 11.5 Å². The van der Waals surface area contributed by atoms with Crippen molar-refractivity contribution in [3.05, 3.63) is 72.2 Å². The summed E-state index contributed by atoms with van der Waals surface area (Å²) in [7, 11) is 0. The van der Waals surface area contributed by atoms with Crippen molar-refractivity contribution in [1.29, 1.82) is 0 Å². The van der Waals surface area contributed by atoms with E-state index in [4.69, 9.17) is 16.7 Å². The molecule has 4 aromatic rings. The Bertz CT molecular complexity index is 1590. The predicted molar refractivity (Wildman–Crippen MR) is 145 cm³/mol. The van der Waals surface area contributed by atoms with E-state index in [2.05, 4.69) is 31.8 Å². The van der Waals surface area contributed by atoms with Crippen molar-refractivity contribution in [2.45, 2.75) is 38.2 Å². The maximum atomic E-state index is 14.1. The number of likely N-dealkylation sites (tertiary alicyclic amines) is 1. The average Bonchev–Trinajstić information content (AvgIpc) is 3.38. The molecule has 1 atom stereocenters. The van der Waals surface area contributed by atoms with Crippen LogP contribution in [0.4, 0.5) is 14.6 Å². The number of amides is 2. The molecular weight excluding hydrogens is 542 g/mol. The third kappa shape index (κ3) is 5.26. The van der Waals surface area contributed by atoms with Crippen LogP contribution in [0.15, 0.2) is 55.8 Å². The van der Waals surface area contributed by atoms with Crippen LogP contribution in [0.25, 0.3) is 22.2 Å². The van der Waals surface area contributed by atoms with E-state index in [9.17, 15) is 18.4 Å². The third-order valence-electron chi connectivity index (χ3n) is 6.79. The summed E-state index contributed by atoms with van der Waals surface area (Å²) in [6, 6.07) is 2.21. The Balaban J connectivity index is 1.42. The molecule has 0 spiro atoms. The Morgan fingerprint density at radius 2 is 2.00 bits per heavy atom. The SMILES string of the molecule is C=CC(=O)N1CCC[C@@H](n2nc(-c3cnc(C(=O)Nc4cc(C(F)(F)CC)ccn4)nc3)c3cncc(Cl)c32)C1. The highest BCUT2D eigenvalue weighted by Gasteiger charge is 2.30. The number of alkyl halides is 2. The Morgan fingerprint density at radius 3 is 2.73 bits per heavy atom. The molecule has 13 heteroatoms. The number of aromatic nitrogens is 6. The van der Waals surface area contributed by atoms with Gasteiger partial charge in [-0.1, -0.05) is 25.1 Å². The number of nitrogens with one attached hydrogen (secondary N) is 1. The van der Waals surface area contributed by atoms with Crippen LogP contribution < -0.4 is 5.32 Å². The first-order valence-electron chi connectivity index (χ1n) is 12.6. The number of pyridine rings is 2. The summed E-state index contributed by atoms with van der Waals surface area (Å²) in [5, 5.41) is 8.35. The second kappa shape index (κ2) is 11.0. The molecule has 1 saturated heterocycles. The molecule has 0 aliphatic carbocycles. The van der Waals surface area contributed by atoms with Crippen molar-refractivity contribution in [1.82, 2.24) is 34.6 Å². The maximum Gasteiger partial charge on any atom is 0.294 e.